The Kier molecular flexibility index (Phi) is 4.26. The lowest BCUT2D eigenvalue weighted by Crippen LogP contribution is -2.18. The van der Waals surface area contributed by atoms with E-state index in [0.29, 0.717) is 6.07 Å². The Morgan fingerprint density at radius 3 is 2.35 bits per heavy atom. The molecule has 2 rings (SSSR count). The van der Waals surface area contributed by atoms with Crippen LogP contribution in [0.15, 0.2) is 6.07 Å². The van der Waals surface area contributed by atoms with Crippen LogP contribution in [0.3, 0.4) is 0 Å². The first-order valence-corrected chi connectivity index (χ1v) is 6.33. The molecule has 10 heteroatoms. The molecule has 0 radical (unpaired) electrons. The Morgan fingerprint density at radius 2 is 1.78 bits per heavy atom. The van der Waals surface area contributed by atoms with Crippen LogP contribution in [0.2, 0.25) is 0 Å². The molecule has 6 nitrogen and oxygen atoms in total. The number of alkyl halides is 1. The van der Waals surface area contributed by atoms with Crippen LogP contribution in [0.1, 0.15) is 19.7 Å². The molecule has 1 aromatic heterocycles. The van der Waals surface area contributed by atoms with Crippen LogP contribution in [-0.2, 0) is 5.67 Å². The maximum atomic E-state index is 13.9. The van der Waals surface area contributed by atoms with E-state index in [0.717, 1.165) is 7.11 Å². The zero-order valence-corrected chi connectivity index (χ0v) is 12.4. The minimum absolute atomic E-state index is 0.330. The molecular weight excluding hydrogens is 318 g/mol. The second kappa shape index (κ2) is 5.86. The highest BCUT2D eigenvalue weighted by molar-refractivity contribution is 5.64. The van der Waals surface area contributed by atoms with Gasteiger partial charge in [-0.25, -0.2) is 17.6 Å². The van der Waals surface area contributed by atoms with Crippen molar-refractivity contribution in [2.24, 2.45) is 0 Å². The highest BCUT2D eigenvalue weighted by Gasteiger charge is 2.26. The summed E-state index contributed by atoms with van der Waals surface area (Å²) in [6.45, 7) is 2.35. The van der Waals surface area contributed by atoms with Gasteiger partial charge < -0.3 is 15.8 Å². The van der Waals surface area contributed by atoms with Gasteiger partial charge in [0.05, 0.1) is 7.11 Å². The fourth-order valence-electron chi connectivity index (χ4n) is 1.72. The van der Waals surface area contributed by atoms with Gasteiger partial charge in [-0.15, -0.1) is 0 Å². The number of methoxy groups -OCH3 is 1. The zero-order valence-electron chi connectivity index (χ0n) is 12.4. The maximum Gasteiger partial charge on any atom is 0.232 e. The number of ether oxygens (including phenoxy) is 1. The van der Waals surface area contributed by atoms with Crippen molar-refractivity contribution >= 4 is 17.6 Å². The summed E-state index contributed by atoms with van der Waals surface area (Å²) in [5.41, 5.74) is 2.80. The number of hydrogen-bond acceptors (Lipinski definition) is 6. The van der Waals surface area contributed by atoms with Gasteiger partial charge in [0.2, 0.25) is 11.9 Å². The van der Waals surface area contributed by atoms with E-state index < -0.39 is 34.6 Å². The number of anilines is 3. The van der Waals surface area contributed by atoms with Crippen molar-refractivity contribution in [1.82, 2.24) is 15.0 Å². The minimum atomic E-state index is -1.96. The van der Waals surface area contributed by atoms with E-state index in [-0.39, 0.29) is 17.7 Å². The van der Waals surface area contributed by atoms with E-state index in [4.69, 9.17) is 10.5 Å². The van der Waals surface area contributed by atoms with E-state index in [9.17, 15) is 17.6 Å². The molecule has 0 aliphatic heterocycles. The maximum absolute atomic E-state index is 13.9. The second-order valence-electron chi connectivity index (χ2n) is 5.00. The molecule has 1 aromatic carbocycles. The Hall–Kier alpha value is -2.65. The Morgan fingerprint density at radius 1 is 1.13 bits per heavy atom. The molecule has 124 valence electrons. The van der Waals surface area contributed by atoms with Gasteiger partial charge in [0.25, 0.3) is 0 Å². The molecule has 0 saturated carbocycles. The van der Waals surface area contributed by atoms with Crippen molar-refractivity contribution in [3.63, 3.8) is 0 Å². The molecule has 0 amide bonds. The second-order valence-corrected chi connectivity index (χ2v) is 5.00. The summed E-state index contributed by atoms with van der Waals surface area (Å²) >= 11 is 0. The number of aromatic nitrogens is 3. The number of halogens is 4. The molecule has 1 heterocycles. The van der Waals surface area contributed by atoms with Crippen molar-refractivity contribution in [2.75, 3.05) is 18.2 Å². The van der Waals surface area contributed by atoms with E-state index in [1.807, 2.05) is 0 Å². The summed E-state index contributed by atoms with van der Waals surface area (Å²) in [6, 6.07) is 0.331. The van der Waals surface area contributed by atoms with Gasteiger partial charge in [0.15, 0.2) is 34.7 Å². The molecule has 0 aliphatic rings. The zero-order chi connectivity index (χ0) is 17.4. The third-order valence-electron chi connectivity index (χ3n) is 2.75. The summed E-state index contributed by atoms with van der Waals surface area (Å²) in [7, 11) is 1.07. The van der Waals surface area contributed by atoms with Gasteiger partial charge in [-0.3, -0.25) is 0 Å². The average Bonchev–Trinajstić information content (AvgIpc) is 2.43. The standard InChI is InChI=1S/C13H13F4N5O/c1-13(2,17)10-20-11(18)22-12(21-10)19-8-7(16)5(14)4-6(15)9(8)23-3/h4H,1-3H3,(H3,18,19,20,21,22). The van der Waals surface area contributed by atoms with Crippen LogP contribution in [0.4, 0.5) is 35.1 Å². The van der Waals surface area contributed by atoms with Crippen LogP contribution in [0.5, 0.6) is 5.75 Å². The van der Waals surface area contributed by atoms with Crippen molar-refractivity contribution < 1.29 is 22.3 Å². The van der Waals surface area contributed by atoms with Gasteiger partial charge in [0.1, 0.15) is 5.69 Å². The Bertz CT molecular complexity index is 748. The normalized spacial score (nSPS) is 11.4. The van der Waals surface area contributed by atoms with E-state index in [2.05, 4.69) is 20.3 Å². The number of rotatable bonds is 4. The van der Waals surface area contributed by atoms with Crippen LogP contribution >= 0.6 is 0 Å². The smallest absolute Gasteiger partial charge is 0.232 e. The lowest BCUT2D eigenvalue weighted by atomic mass is 10.1. The molecule has 0 saturated heterocycles. The molecule has 0 fully saturated rings. The van der Waals surface area contributed by atoms with Gasteiger partial charge in [-0.05, 0) is 13.8 Å². The predicted molar refractivity (Wildman–Crippen MR) is 74.5 cm³/mol. The lowest BCUT2D eigenvalue weighted by Gasteiger charge is -2.15. The molecule has 0 spiro atoms. The fourth-order valence-corrected chi connectivity index (χ4v) is 1.72. The SMILES string of the molecule is COc1c(F)cc(F)c(F)c1Nc1nc(N)nc(C(C)(C)F)n1. The summed E-state index contributed by atoms with van der Waals surface area (Å²) < 4.78 is 59.5. The number of nitrogens with two attached hydrogens (primary N) is 1. The number of hydrogen-bond donors (Lipinski definition) is 2. The molecule has 0 unspecified atom stereocenters. The molecular formula is C13H13F4N5O. The third kappa shape index (κ3) is 3.41. The number of benzene rings is 1. The fraction of sp³-hybridized carbons (Fsp3) is 0.308. The summed E-state index contributed by atoms with van der Waals surface area (Å²) in [5.74, 6) is -5.66. The number of nitrogens with zero attached hydrogens (tertiary/aromatic N) is 3. The van der Waals surface area contributed by atoms with Gasteiger partial charge in [-0.2, -0.15) is 15.0 Å². The molecule has 2 aromatic rings. The van der Waals surface area contributed by atoms with Crippen molar-refractivity contribution in [2.45, 2.75) is 19.5 Å². The largest absolute Gasteiger partial charge is 0.491 e. The summed E-state index contributed by atoms with van der Waals surface area (Å²) in [5, 5.41) is 2.24. The number of nitrogens with one attached hydrogen (secondary N) is 1. The first kappa shape index (κ1) is 16.7. The van der Waals surface area contributed by atoms with E-state index in [1.165, 1.54) is 13.8 Å². The molecule has 0 aliphatic carbocycles. The summed E-state index contributed by atoms with van der Waals surface area (Å²) in [6.07, 6.45) is 0. The van der Waals surface area contributed by atoms with E-state index in [1.54, 1.807) is 0 Å². The molecule has 0 bridgehead atoms. The Balaban J connectivity index is 2.54. The lowest BCUT2D eigenvalue weighted by molar-refractivity contribution is 0.206. The minimum Gasteiger partial charge on any atom is -0.491 e. The first-order chi connectivity index (χ1) is 10.6. The number of nitrogen functional groups attached to an aromatic ring is 1. The van der Waals surface area contributed by atoms with Gasteiger partial charge in [-0.1, -0.05) is 0 Å². The van der Waals surface area contributed by atoms with Gasteiger partial charge in [0, 0.05) is 6.07 Å². The van der Waals surface area contributed by atoms with Crippen molar-refractivity contribution in [3.05, 3.63) is 29.3 Å². The third-order valence-corrected chi connectivity index (χ3v) is 2.75. The Labute approximate surface area is 128 Å². The quantitative estimate of drug-likeness (QED) is 0.662. The first-order valence-electron chi connectivity index (χ1n) is 6.33. The summed E-state index contributed by atoms with van der Waals surface area (Å²) in [4.78, 5) is 11.0. The van der Waals surface area contributed by atoms with E-state index >= 15 is 0 Å². The van der Waals surface area contributed by atoms with Crippen molar-refractivity contribution in [3.8, 4) is 5.75 Å². The predicted octanol–water partition coefficient (Wildman–Crippen LogP) is 2.83. The van der Waals surface area contributed by atoms with Crippen LogP contribution in [0.25, 0.3) is 0 Å². The highest BCUT2D eigenvalue weighted by atomic mass is 19.2. The molecule has 23 heavy (non-hydrogen) atoms. The van der Waals surface area contributed by atoms with Crippen molar-refractivity contribution in [1.29, 1.82) is 0 Å². The molecule has 3 N–H and O–H groups in total. The molecule has 0 atom stereocenters. The topological polar surface area (TPSA) is 86.0 Å². The monoisotopic (exact) mass is 331 g/mol. The van der Waals surface area contributed by atoms with Gasteiger partial charge >= 0.3 is 0 Å². The average molecular weight is 331 g/mol. The van der Waals surface area contributed by atoms with Crippen LogP contribution in [-0.4, -0.2) is 22.1 Å². The van der Waals surface area contributed by atoms with Crippen LogP contribution < -0.4 is 15.8 Å². The highest BCUT2D eigenvalue weighted by Crippen LogP contribution is 2.34. The van der Waals surface area contributed by atoms with Crippen LogP contribution in [0, 0.1) is 17.5 Å².